The third-order valence-electron chi connectivity index (χ3n) is 3.22. The largest absolute Gasteiger partial charge is 0.320 e. The first-order valence-corrected chi connectivity index (χ1v) is 6.97. The molecule has 0 aliphatic carbocycles. The number of amides is 2. The Bertz CT molecular complexity index is 727. The van der Waals surface area contributed by atoms with Gasteiger partial charge in [-0.05, 0) is 36.8 Å². The van der Waals surface area contributed by atoms with Crippen LogP contribution in [0.25, 0.3) is 0 Å². The summed E-state index contributed by atoms with van der Waals surface area (Å²) < 4.78 is 27.1. The number of nitrogens with zero attached hydrogens (tertiary/aromatic N) is 1. The van der Waals surface area contributed by atoms with Crippen LogP contribution in [0.3, 0.4) is 0 Å². The number of carbonyl (C=O) groups excluding carboxylic acids is 2. The maximum Gasteiger partial charge on any atom is 0.244 e. The van der Waals surface area contributed by atoms with Gasteiger partial charge in [0.1, 0.15) is 23.9 Å². The van der Waals surface area contributed by atoms with E-state index in [9.17, 15) is 18.4 Å². The van der Waals surface area contributed by atoms with E-state index in [0.29, 0.717) is 5.69 Å². The molecule has 0 bridgehead atoms. The number of hydrogen-bond donors (Lipinski definition) is 1. The molecule has 0 aliphatic rings. The SMILES string of the molecule is CC(=O)N(CC(=O)Nc1c(F)cccc1F)c1cccc(C)c1. The summed E-state index contributed by atoms with van der Waals surface area (Å²) in [5, 5.41) is 2.17. The maximum atomic E-state index is 13.5. The number of para-hydroxylation sites is 1. The molecule has 0 saturated heterocycles. The number of rotatable bonds is 4. The second-order valence-corrected chi connectivity index (χ2v) is 5.09. The number of hydrogen-bond acceptors (Lipinski definition) is 2. The molecule has 0 aromatic heterocycles. The van der Waals surface area contributed by atoms with Crippen LogP contribution >= 0.6 is 0 Å². The topological polar surface area (TPSA) is 49.4 Å². The number of aryl methyl sites for hydroxylation is 1. The summed E-state index contributed by atoms with van der Waals surface area (Å²) in [5.41, 5.74) is 0.946. The van der Waals surface area contributed by atoms with Gasteiger partial charge in [0.25, 0.3) is 0 Å². The summed E-state index contributed by atoms with van der Waals surface area (Å²) in [4.78, 5) is 25.1. The predicted octanol–water partition coefficient (Wildman–Crippen LogP) is 3.26. The van der Waals surface area contributed by atoms with E-state index in [2.05, 4.69) is 5.32 Å². The molecule has 120 valence electrons. The highest BCUT2D eigenvalue weighted by Gasteiger charge is 2.18. The van der Waals surface area contributed by atoms with Crippen molar-refractivity contribution in [1.82, 2.24) is 0 Å². The fraction of sp³-hybridized carbons (Fsp3) is 0.176. The van der Waals surface area contributed by atoms with Gasteiger partial charge in [0.2, 0.25) is 11.8 Å². The van der Waals surface area contributed by atoms with Gasteiger partial charge in [0.15, 0.2) is 0 Å². The molecule has 0 aliphatic heterocycles. The zero-order valence-electron chi connectivity index (χ0n) is 12.8. The Hall–Kier alpha value is -2.76. The second-order valence-electron chi connectivity index (χ2n) is 5.09. The number of benzene rings is 2. The van der Waals surface area contributed by atoms with Crippen molar-refractivity contribution in [3.05, 3.63) is 59.7 Å². The molecule has 0 unspecified atom stereocenters. The number of nitrogens with one attached hydrogen (secondary N) is 1. The Morgan fingerprint density at radius 3 is 2.26 bits per heavy atom. The van der Waals surface area contributed by atoms with Gasteiger partial charge in [0.05, 0.1) is 0 Å². The first kappa shape index (κ1) is 16.6. The summed E-state index contributed by atoms with van der Waals surface area (Å²) in [6.45, 7) is 2.84. The van der Waals surface area contributed by atoms with Crippen molar-refractivity contribution >= 4 is 23.2 Å². The molecule has 2 amide bonds. The molecule has 0 saturated carbocycles. The average molecular weight is 318 g/mol. The first-order valence-electron chi connectivity index (χ1n) is 6.97. The van der Waals surface area contributed by atoms with Gasteiger partial charge in [-0.2, -0.15) is 0 Å². The van der Waals surface area contributed by atoms with E-state index in [-0.39, 0.29) is 12.5 Å². The zero-order valence-corrected chi connectivity index (χ0v) is 12.8. The molecule has 1 N–H and O–H groups in total. The van der Waals surface area contributed by atoms with Crippen LogP contribution in [0, 0.1) is 18.6 Å². The van der Waals surface area contributed by atoms with Crippen LogP contribution in [0.4, 0.5) is 20.2 Å². The molecule has 0 fully saturated rings. The Balaban J connectivity index is 2.18. The maximum absolute atomic E-state index is 13.5. The minimum atomic E-state index is -0.872. The van der Waals surface area contributed by atoms with Crippen LogP contribution in [0.5, 0.6) is 0 Å². The fourth-order valence-corrected chi connectivity index (χ4v) is 2.12. The highest BCUT2D eigenvalue weighted by atomic mass is 19.1. The summed E-state index contributed by atoms with van der Waals surface area (Å²) in [5.74, 6) is -2.78. The van der Waals surface area contributed by atoms with Gasteiger partial charge in [0, 0.05) is 12.6 Å². The summed E-state index contributed by atoms with van der Waals surface area (Å²) in [6.07, 6.45) is 0. The molecule has 23 heavy (non-hydrogen) atoms. The summed E-state index contributed by atoms with van der Waals surface area (Å²) in [7, 11) is 0. The van der Waals surface area contributed by atoms with Gasteiger partial charge in [-0.1, -0.05) is 18.2 Å². The van der Waals surface area contributed by atoms with E-state index in [1.54, 1.807) is 18.2 Å². The van der Waals surface area contributed by atoms with Crippen molar-refractivity contribution in [2.75, 3.05) is 16.8 Å². The van der Waals surface area contributed by atoms with E-state index >= 15 is 0 Å². The molecule has 4 nitrogen and oxygen atoms in total. The van der Waals surface area contributed by atoms with Gasteiger partial charge >= 0.3 is 0 Å². The lowest BCUT2D eigenvalue weighted by Gasteiger charge is -2.21. The Morgan fingerprint density at radius 2 is 1.70 bits per heavy atom. The lowest BCUT2D eigenvalue weighted by Crippen LogP contribution is -2.37. The van der Waals surface area contributed by atoms with Gasteiger partial charge < -0.3 is 10.2 Å². The molecule has 0 radical (unpaired) electrons. The van der Waals surface area contributed by atoms with Crippen LogP contribution < -0.4 is 10.2 Å². The highest BCUT2D eigenvalue weighted by molar-refractivity contribution is 6.01. The van der Waals surface area contributed by atoms with Crippen molar-refractivity contribution < 1.29 is 18.4 Å². The van der Waals surface area contributed by atoms with E-state index in [4.69, 9.17) is 0 Å². The van der Waals surface area contributed by atoms with Crippen molar-refractivity contribution in [3.63, 3.8) is 0 Å². The minimum absolute atomic E-state index is 0.341. The monoisotopic (exact) mass is 318 g/mol. The zero-order chi connectivity index (χ0) is 17.0. The number of halogens is 2. The molecule has 2 rings (SSSR count). The molecule has 2 aromatic rings. The fourth-order valence-electron chi connectivity index (χ4n) is 2.12. The van der Waals surface area contributed by atoms with Gasteiger partial charge in [-0.3, -0.25) is 9.59 Å². The molecular weight excluding hydrogens is 302 g/mol. The van der Waals surface area contributed by atoms with Crippen molar-refractivity contribution in [2.45, 2.75) is 13.8 Å². The average Bonchev–Trinajstić information content (AvgIpc) is 2.48. The first-order chi connectivity index (χ1) is 10.9. The predicted molar refractivity (Wildman–Crippen MR) is 84.2 cm³/mol. The van der Waals surface area contributed by atoms with E-state index in [1.165, 1.54) is 17.9 Å². The summed E-state index contributed by atoms with van der Waals surface area (Å²) >= 11 is 0. The van der Waals surface area contributed by atoms with E-state index in [0.717, 1.165) is 17.7 Å². The molecule has 0 atom stereocenters. The standard InChI is InChI=1S/C17H16F2N2O2/c1-11-5-3-6-13(9-11)21(12(2)22)10-16(23)20-17-14(18)7-4-8-15(17)19/h3-9H,10H2,1-2H3,(H,20,23). The van der Waals surface area contributed by atoms with Crippen LogP contribution in [0.1, 0.15) is 12.5 Å². The molecule has 6 heteroatoms. The minimum Gasteiger partial charge on any atom is -0.320 e. The van der Waals surface area contributed by atoms with Crippen LogP contribution in [-0.4, -0.2) is 18.4 Å². The lowest BCUT2D eigenvalue weighted by molar-refractivity contribution is -0.120. The summed E-state index contributed by atoms with van der Waals surface area (Å²) in [6, 6.07) is 10.3. The lowest BCUT2D eigenvalue weighted by atomic mass is 10.2. The quantitative estimate of drug-likeness (QED) is 0.940. The molecular formula is C17H16F2N2O2. The van der Waals surface area contributed by atoms with Crippen LogP contribution in [0.15, 0.2) is 42.5 Å². The Morgan fingerprint density at radius 1 is 1.09 bits per heavy atom. The van der Waals surface area contributed by atoms with Crippen LogP contribution in [-0.2, 0) is 9.59 Å². The van der Waals surface area contributed by atoms with Crippen molar-refractivity contribution in [3.8, 4) is 0 Å². The molecule has 0 spiro atoms. The van der Waals surface area contributed by atoms with Crippen molar-refractivity contribution in [2.24, 2.45) is 0 Å². The molecule has 0 heterocycles. The van der Waals surface area contributed by atoms with Gasteiger partial charge in [-0.15, -0.1) is 0 Å². The van der Waals surface area contributed by atoms with E-state index < -0.39 is 23.2 Å². The third-order valence-corrected chi connectivity index (χ3v) is 3.22. The van der Waals surface area contributed by atoms with Gasteiger partial charge in [-0.25, -0.2) is 8.78 Å². The number of carbonyl (C=O) groups is 2. The number of anilines is 2. The van der Waals surface area contributed by atoms with Crippen LogP contribution in [0.2, 0.25) is 0 Å². The van der Waals surface area contributed by atoms with E-state index in [1.807, 2.05) is 13.0 Å². The normalized spacial score (nSPS) is 10.3. The smallest absolute Gasteiger partial charge is 0.244 e. The van der Waals surface area contributed by atoms with Crippen molar-refractivity contribution in [1.29, 1.82) is 0 Å². The Labute approximate surface area is 132 Å². The third kappa shape index (κ3) is 4.12. The highest BCUT2D eigenvalue weighted by Crippen LogP contribution is 2.19. The molecule has 2 aromatic carbocycles. The Kier molecular flexibility index (Phi) is 5.05. The second kappa shape index (κ2) is 7.00.